The fourth-order valence-corrected chi connectivity index (χ4v) is 4.52. The highest BCUT2D eigenvalue weighted by atomic mass is 35.5. The van der Waals surface area contributed by atoms with E-state index in [2.05, 4.69) is 4.98 Å². The molecular formula is C24H19ClF3N3O2. The number of benzene rings is 2. The van der Waals surface area contributed by atoms with Gasteiger partial charge in [0, 0.05) is 48.2 Å². The van der Waals surface area contributed by atoms with Gasteiger partial charge in [0.25, 0.3) is 6.43 Å². The zero-order chi connectivity index (χ0) is 23.1. The largest absolute Gasteiger partial charge is 0.490 e. The first-order valence-electron chi connectivity index (χ1n) is 10.3. The van der Waals surface area contributed by atoms with Gasteiger partial charge in [-0.15, -0.1) is 0 Å². The second-order valence-corrected chi connectivity index (χ2v) is 8.39. The molecule has 1 aliphatic heterocycles. The Morgan fingerprint density at radius 3 is 2.79 bits per heavy atom. The van der Waals surface area contributed by atoms with Crippen molar-refractivity contribution in [2.75, 3.05) is 6.61 Å². The van der Waals surface area contributed by atoms with Crippen LogP contribution in [0.15, 0.2) is 65.7 Å². The summed E-state index contributed by atoms with van der Waals surface area (Å²) in [5.74, 6) is 0.0315. The van der Waals surface area contributed by atoms with Gasteiger partial charge in [-0.25, -0.2) is 13.2 Å². The van der Waals surface area contributed by atoms with E-state index in [1.54, 1.807) is 35.4 Å². The van der Waals surface area contributed by atoms with E-state index in [1.165, 1.54) is 24.4 Å². The van der Waals surface area contributed by atoms with Gasteiger partial charge in [-0.1, -0.05) is 11.6 Å². The van der Waals surface area contributed by atoms with Gasteiger partial charge in [0.15, 0.2) is 0 Å². The predicted octanol–water partition coefficient (Wildman–Crippen LogP) is 5.14. The van der Waals surface area contributed by atoms with Gasteiger partial charge in [-0.05, 0) is 48.0 Å². The highest BCUT2D eigenvalue weighted by molar-refractivity contribution is 6.32. The molecule has 0 radical (unpaired) electrons. The van der Waals surface area contributed by atoms with Crippen LogP contribution in [0.3, 0.4) is 0 Å². The van der Waals surface area contributed by atoms with Crippen molar-refractivity contribution in [3.05, 3.63) is 93.2 Å². The number of halogens is 4. The maximum absolute atomic E-state index is 13.9. The lowest BCUT2D eigenvalue weighted by Crippen LogP contribution is -2.42. The number of H-pyrrole nitrogens is 1. The minimum atomic E-state index is -2.65. The van der Waals surface area contributed by atoms with Crippen LogP contribution in [-0.2, 0) is 13.1 Å². The number of fused-ring (bicyclic) bond motifs is 2. The Bertz CT molecular complexity index is 1390. The van der Waals surface area contributed by atoms with Gasteiger partial charge in [0.2, 0.25) is 5.56 Å². The quantitative estimate of drug-likeness (QED) is 0.446. The summed E-state index contributed by atoms with van der Waals surface area (Å²) >= 11 is 6.52. The standard InChI is InChI=1S/C24H19ClF3N3O2/c25-19-10-18(31-6-4-15-8-17(26)1-2-20(15)31)9-16-12-30(11-14-3-5-29-22(32)7-14)21(24(27)28)13-33-23(16)19/h1-10,21,24H,11-13H2,(H,29,32). The summed E-state index contributed by atoms with van der Waals surface area (Å²) in [5.41, 5.74) is 2.46. The van der Waals surface area contributed by atoms with E-state index >= 15 is 0 Å². The number of rotatable bonds is 4. The van der Waals surface area contributed by atoms with Crippen LogP contribution in [0.4, 0.5) is 13.2 Å². The predicted molar refractivity (Wildman–Crippen MR) is 120 cm³/mol. The summed E-state index contributed by atoms with van der Waals surface area (Å²) in [5, 5.41) is 1.03. The topological polar surface area (TPSA) is 50.3 Å². The lowest BCUT2D eigenvalue weighted by molar-refractivity contribution is 0.0000217. The van der Waals surface area contributed by atoms with Crippen LogP contribution >= 0.6 is 11.6 Å². The Kier molecular flexibility index (Phi) is 5.64. The molecule has 5 rings (SSSR count). The molecule has 1 N–H and O–H groups in total. The average molecular weight is 474 g/mol. The molecule has 2 aromatic carbocycles. The van der Waals surface area contributed by atoms with E-state index < -0.39 is 12.5 Å². The molecule has 1 unspecified atom stereocenters. The van der Waals surface area contributed by atoms with E-state index in [0.717, 1.165) is 10.9 Å². The third kappa shape index (κ3) is 4.24. The van der Waals surface area contributed by atoms with Crippen molar-refractivity contribution in [2.45, 2.75) is 25.6 Å². The maximum Gasteiger partial charge on any atom is 0.257 e. The number of aromatic amines is 1. The van der Waals surface area contributed by atoms with Crippen molar-refractivity contribution < 1.29 is 17.9 Å². The molecule has 0 spiro atoms. The van der Waals surface area contributed by atoms with Crippen molar-refractivity contribution in [3.8, 4) is 11.4 Å². The number of nitrogens with zero attached hydrogens (tertiary/aromatic N) is 2. The Hall–Kier alpha value is -3.23. The van der Waals surface area contributed by atoms with E-state index in [1.807, 2.05) is 10.6 Å². The SMILES string of the molecule is O=c1cc(CN2Cc3cc(-n4ccc5cc(F)ccc54)cc(Cl)c3OCC2C(F)F)cc[nH]1. The summed E-state index contributed by atoms with van der Waals surface area (Å²) in [6, 6.07) is 11.7. The number of hydrogen-bond donors (Lipinski definition) is 1. The van der Waals surface area contributed by atoms with Crippen molar-refractivity contribution in [2.24, 2.45) is 0 Å². The van der Waals surface area contributed by atoms with Crippen LogP contribution in [0.1, 0.15) is 11.1 Å². The molecule has 0 bridgehead atoms. The summed E-state index contributed by atoms with van der Waals surface area (Å²) in [6.07, 6.45) is 0.643. The van der Waals surface area contributed by atoms with Crippen molar-refractivity contribution in [3.63, 3.8) is 0 Å². The number of ether oxygens (including phenoxy) is 1. The molecule has 9 heteroatoms. The lowest BCUT2D eigenvalue weighted by Gasteiger charge is -2.28. The molecule has 0 saturated heterocycles. The van der Waals surface area contributed by atoms with Gasteiger partial charge in [0.05, 0.1) is 10.5 Å². The maximum atomic E-state index is 13.9. The average Bonchev–Trinajstić information content (AvgIpc) is 3.08. The molecule has 33 heavy (non-hydrogen) atoms. The summed E-state index contributed by atoms with van der Waals surface area (Å²) < 4.78 is 49.0. The normalized spacial score (nSPS) is 16.6. The van der Waals surface area contributed by atoms with Crippen LogP contribution < -0.4 is 10.3 Å². The zero-order valence-corrected chi connectivity index (χ0v) is 18.0. The Morgan fingerprint density at radius 2 is 2.00 bits per heavy atom. The highest BCUT2D eigenvalue weighted by Gasteiger charge is 2.33. The molecule has 4 aromatic rings. The van der Waals surface area contributed by atoms with Crippen LogP contribution in [0.5, 0.6) is 5.75 Å². The molecule has 0 fully saturated rings. The summed E-state index contributed by atoms with van der Waals surface area (Å²) in [7, 11) is 0. The second kappa shape index (κ2) is 8.61. The lowest BCUT2D eigenvalue weighted by atomic mass is 10.1. The highest BCUT2D eigenvalue weighted by Crippen LogP contribution is 2.37. The van der Waals surface area contributed by atoms with E-state index in [4.69, 9.17) is 16.3 Å². The fourth-order valence-electron chi connectivity index (χ4n) is 4.23. The van der Waals surface area contributed by atoms with Crippen LogP contribution in [0.25, 0.3) is 16.6 Å². The second-order valence-electron chi connectivity index (χ2n) is 7.98. The third-order valence-electron chi connectivity index (χ3n) is 5.79. The van der Waals surface area contributed by atoms with Crippen molar-refractivity contribution in [1.29, 1.82) is 0 Å². The molecule has 0 amide bonds. The minimum absolute atomic E-state index is 0.148. The molecule has 0 saturated carbocycles. The Labute approximate surface area is 192 Å². The van der Waals surface area contributed by atoms with E-state index in [9.17, 15) is 18.0 Å². The summed E-state index contributed by atoms with van der Waals surface area (Å²) in [6.45, 7) is 0.0620. The number of alkyl halides is 2. The first-order valence-corrected chi connectivity index (χ1v) is 10.7. The summed E-state index contributed by atoms with van der Waals surface area (Å²) in [4.78, 5) is 15.8. The Balaban J connectivity index is 1.55. The van der Waals surface area contributed by atoms with E-state index in [0.29, 0.717) is 27.6 Å². The number of aromatic nitrogens is 2. The monoisotopic (exact) mass is 473 g/mol. The Morgan fingerprint density at radius 1 is 1.15 bits per heavy atom. The molecule has 5 nitrogen and oxygen atoms in total. The molecule has 170 valence electrons. The smallest absolute Gasteiger partial charge is 0.257 e. The minimum Gasteiger partial charge on any atom is -0.490 e. The molecule has 2 aromatic heterocycles. The number of nitrogens with one attached hydrogen (secondary N) is 1. The number of pyridine rings is 1. The molecule has 0 aliphatic carbocycles. The van der Waals surface area contributed by atoms with Gasteiger partial charge in [-0.2, -0.15) is 0 Å². The van der Waals surface area contributed by atoms with Gasteiger partial charge in [-0.3, -0.25) is 9.69 Å². The third-order valence-corrected chi connectivity index (χ3v) is 6.07. The van der Waals surface area contributed by atoms with Crippen LogP contribution in [-0.4, -0.2) is 33.5 Å². The molecule has 3 heterocycles. The molecule has 1 atom stereocenters. The molecule has 1 aliphatic rings. The fraction of sp³-hybridized carbons (Fsp3) is 0.208. The van der Waals surface area contributed by atoms with Crippen LogP contribution in [0, 0.1) is 5.82 Å². The first-order chi connectivity index (χ1) is 15.9. The van der Waals surface area contributed by atoms with Gasteiger partial charge >= 0.3 is 0 Å². The first kappa shape index (κ1) is 21.6. The number of hydrogen-bond acceptors (Lipinski definition) is 3. The zero-order valence-electron chi connectivity index (χ0n) is 17.3. The van der Waals surface area contributed by atoms with Gasteiger partial charge < -0.3 is 14.3 Å². The van der Waals surface area contributed by atoms with E-state index in [-0.39, 0.29) is 31.1 Å². The van der Waals surface area contributed by atoms with Gasteiger partial charge in [0.1, 0.15) is 24.2 Å². The molecular weight excluding hydrogens is 455 g/mol. The van der Waals surface area contributed by atoms with Crippen molar-refractivity contribution >= 4 is 22.5 Å². The van der Waals surface area contributed by atoms with Crippen LogP contribution in [0.2, 0.25) is 5.02 Å². The van der Waals surface area contributed by atoms with Crippen molar-refractivity contribution in [1.82, 2.24) is 14.5 Å².